The van der Waals surface area contributed by atoms with E-state index in [1.807, 2.05) is 29.5 Å². The molecule has 0 saturated carbocycles. The van der Waals surface area contributed by atoms with Crippen molar-refractivity contribution in [3.63, 3.8) is 0 Å². The maximum atomic E-state index is 12.3. The van der Waals surface area contributed by atoms with Crippen LogP contribution in [0.1, 0.15) is 29.8 Å². The molecule has 0 atom stereocenters. The molecule has 0 aromatic heterocycles. The number of hydrogen-bond donors (Lipinski definition) is 0. The van der Waals surface area contributed by atoms with Crippen LogP contribution in [0.5, 0.6) is 5.75 Å². The van der Waals surface area contributed by atoms with E-state index in [0.717, 1.165) is 0 Å². The molecule has 0 aliphatic rings. The van der Waals surface area contributed by atoms with E-state index in [-0.39, 0.29) is 17.1 Å². The second-order valence-electron chi connectivity index (χ2n) is 3.20. The van der Waals surface area contributed by atoms with Gasteiger partial charge >= 0.3 is 6.61 Å². The maximum absolute atomic E-state index is 12.3. The van der Waals surface area contributed by atoms with Crippen LogP contribution in [0, 0.1) is 3.57 Å². The van der Waals surface area contributed by atoms with Crippen molar-refractivity contribution in [2.75, 3.05) is 0 Å². The molecule has 1 aromatic carbocycles. The molecule has 1 aromatic rings. The molecule has 0 N–H and O–H groups in total. The molecule has 0 radical (unpaired) electrons. The Hall–Kier alpha value is -0.720. The van der Waals surface area contributed by atoms with Crippen LogP contribution in [0.4, 0.5) is 8.78 Å². The number of alkyl halides is 2. The van der Waals surface area contributed by atoms with Crippen molar-refractivity contribution in [3.05, 3.63) is 26.8 Å². The SMILES string of the molecule is CCc1ccc(I)c(C(C)=O)c1OC(F)F. The van der Waals surface area contributed by atoms with Gasteiger partial charge in [0, 0.05) is 3.57 Å². The first-order valence-electron chi connectivity index (χ1n) is 4.74. The number of benzene rings is 1. The van der Waals surface area contributed by atoms with E-state index in [0.29, 0.717) is 15.6 Å². The number of carbonyl (C=O) groups excluding carboxylic acids is 1. The number of aryl methyl sites for hydroxylation is 1. The minimum Gasteiger partial charge on any atom is -0.434 e. The van der Waals surface area contributed by atoms with Gasteiger partial charge in [-0.25, -0.2) is 0 Å². The Morgan fingerprint density at radius 2 is 2.12 bits per heavy atom. The highest BCUT2D eigenvalue weighted by molar-refractivity contribution is 14.1. The number of rotatable bonds is 4. The van der Waals surface area contributed by atoms with Gasteiger partial charge in [-0.3, -0.25) is 4.79 Å². The van der Waals surface area contributed by atoms with E-state index < -0.39 is 6.61 Å². The molecule has 88 valence electrons. The van der Waals surface area contributed by atoms with Gasteiger partial charge in [0.05, 0.1) is 5.56 Å². The van der Waals surface area contributed by atoms with Crippen LogP contribution in [0.2, 0.25) is 0 Å². The normalized spacial score (nSPS) is 10.6. The van der Waals surface area contributed by atoms with Crippen molar-refractivity contribution in [3.8, 4) is 5.75 Å². The summed E-state index contributed by atoms with van der Waals surface area (Å²) < 4.78 is 29.6. The zero-order valence-electron chi connectivity index (χ0n) is 8.89. The Kier molecular flexibility index (Phi) is 4.64. The Labute approximate surface area is 106 Å². The highest BCUT2D eigenvalue weighted by atomic mass is 127. The molecule has 0 unspecified atom stereocenters. The summed E-state index contributed by atoms with van der Waals surface area (Å²) in [6.07, 6.45) is 0.541. The van der Waals surface area contributed by atoms with E-state index in [4.69, 9.17) is 0 Å². The summed E-state index contributed by atoms with van der Waals surface area (Å²) in [5.41, 5.74) is 0.853. The van der Waals surface area contributed by atoms with Crippen molar-refractivity contribution in [1.29, 1.82) is 0 Å². The van der Waals surface area contributed by atoms with Gasteiger partial charge in [-0.1, -0.05) is 13.0 Å². The number of hydrogen-bond acceptors (Lipinski definition) is 2. The van der Waals surface area contributed by atoms with Crippen LogP contribution in [-0.4, -0.2) is 12.4 Å². The Morgan fingerprint density at radius 3 is 2.56 bits per heavy atom. The van der Waals surface area contributed by atoms with Crippen molar-refractivity contribution in [1.82, 2.24) is 0 Å². The van der Waals surface area contributed by atoms with Crippen molar-refractivity contribution >= 4 is 28.4 Å². The zero-order chi connectivity index (χ0) is 12.3. The predicted molar refractivity (Wildman–Crippen MR) is 65.2 cm³/mol. The molecule has 5 heteroatoms. The van der Waals surface area contributed by atoms with E-state index in [1.165, 1.54) is 6.92 Å². The van der Waals surface area contributed by atoms with Crippen LogP contribution < -0.4 is 4.74 Å². The first kappa shape index (κ1) is 13.3. The molecular weight excluding hydrogens is 329 g/mol. The summed E-state index contributed by atoms with van der Waals surface area (Å²) in [7, 11) is 0. The summed E-state index contributed by atoms with van der Waals surface area (Å²) in [5, 5.41) is 0. The number of Topliss-reactive ketones (excluding diaryl/α,β-unsaturated/α-hetero) is 1. The highest BCUT2D eigenvalue weighted by Gasteiger charge is 2.19. The Morgan fingerprint density at radius 1 is 1.50 bits per heavy atom. The zero-order valence-corrected chi connectivity index (χ0v) is 11.0. The first-order chi connectivity index (χ1) is 7.47. The molecule has 0 saturated heterocycles. The average molecular weight is 340 g/mol. The number of ketones is 1. The van der Waals surface area contributed by atoms with E-state index >= 15 is 0 Å². The van der Waals surface area contributed by atoms with Gasteiger partial charge in [0.25, 0.3) is 0 Å². The molecule has 2 nitrogen and oxygen atoms in total. The number of halogens is 3. The number of carbonyl (C=O) groups is 1. The third-order valence-electron chi connectivity index (χ3n) is 2.13. The number of ether oxygens (including phenoxy) is 1. The van der Waals surface area contributed by atoms with Gasteiger partial charge in [0.2, 0.25) is 0 Å². The average Bonchev–Trinajstić information content (AvgIpc) is 2.16. The fourth-order valence-corrected chi connectivity index (χ4v) is 2.24. The lowest BCUT2D eigenvalue weighted by Crippen LogP contribution is -2.10. The van der Waals surface area contributed by atoms with E-state index in [1.54, 1.807) is 12.1 Å². The van der Waals surface area contributed by atoms with Crippen molar-refractivity contribution in [2.45, 2.75) is 26.9 Å². The molecular formula is C11H11F2IO2. The van der Waals surface area contributed by atoms with Crippen LogP contribution in [0.25, 0.3) is 0 Å². The van der Waals surface area contributed by atoms with Gasteiger partial charge in [0.15, 0.2) is 5.78 Å². The van der Waals surface area contributed by atoms with Crippen LogP contribution >= 0.6 is 22.6 Å². The van der Waals surface area contributed by atoms with Crippen LogP contribution in [0.15, 0.2) is 12.1 Å². The third-order valence-corrected chi connectivity index (χ3v) is 3.03. The fraction of sp³-hybridized carbons (Fsp3) is 0.364. The predicted octanol–water partition coefficient (Wildman–Crippen LogP) is 3.66. The smallest absolute Gasteiger partial charge is 0.387 e. The summed E-state index contributed by atoms with van der Waals surface area (Å²) in [6.45, 7) is 0.251. The monoisotopic (exact) mass is 340 g/mol. The molecule has 16 heavy (non-hydrogen) atoms. The molecule has 0 heterocycles. The summed E-state index contributed by atoms with van der Waals surface area (Å²) in [4.78, 5) is 11.4. The van der Waals surface area contributed by atoms with Gasteiger partial charge in [-0.2, -0.15) is 8.78 Å². The molecule has 0 spiro atoms. The van der Waals surface area contributed by atoms with Crippen LogP contribution in [-0.2, 0) is 6.42 Å². The maximum Gasteiger partial charge on any atom is 0.387 e. The molecule has 0 fully saturated rings. The van der Waals surface area contributed by atoms with Gasteiger partial charge in [-0.05, 0) is 47.6 Å². The topological polar surface area (TPSA) is 26.3 Å². The molecule has 0 amide bonds. The Balaban J connectivity index is 3.36. The molecule has 0 aliphatic heterocycles. The minimum atomic E-state index is -2.92. The second-order valence-corrected chi connectivity index (χ2v) is 4.36. The van der Waals surface area contributed by atoms with E-state index in [9.17, 15) is 13.6 Å². The lowest BCUT2D eigenvalue weighted by atomic mass is 10.0. The highest BCUT2D eigenvalue weighted by Crippen LogP contribution is 2.30. The first-order valence-corrected chi connectivity index (χ1v) is 5.82. The molecule has 1 rings (SSSR count). The van der Waals surface area contributed by atoms with E-state index in [2.05, 4.69) is 4.74 Å². The standard InChI is InChI=1S/C11H11F2IO2/c1-3-7-4-5-8(14)9(6(2)15)10(7)16-11(12)13/h4-5,11H,3H2,1-2H3. The van der Waals surface area contributed by atoms with Gasteiger partial charge < -0.3 is 4.74 Å². The Bertz CT molecular complexity index is 405. The third kappa shape index (κ3) is 2.90. The molecule has 0 aliphatic carbocycles. The van der Waals surface area contributed by atoms with Crippen molar-refractivity contribution in [2.24, 2.45) is 0 Å². The minimum absolute atomic E-state index is 0.0110. The largest absolute Gasteiger partial charge is 0.434 e. The van der Waals surface area contributed by atoms with Crippen LogP contribution in [0.3, 0.4) is 0 Å². The van der Waals surface area contributed by atoms with Gasteiger partial charge in [0.1, 0.15) is 5.75 Å². The molecule has 0 bridgehead atoms. The second kappa shape index (κ2) is 5.56. The van der Waals surface area contributed by atoms with Crippen molar-refractivity contribution < 1.29 is 18.3 Å². The quantitative estimate of drug-likeness (QED) is 0.618. The summed E-state index contributed by atoms with van der Waals surface area (Å²) in [6, 6.07) is 3.43. The fourth-order valence-electron chi connectivity index (χ4n) is 1.43. The van der Waals surface area contributed by atoms with Gasteiger partial charge in [-0.15, -0.1) is 0 Å². The summed E-state index contributed by atoms with van der Waals surface area (Å²) >= 11 is 1.94. The lowest BCUT2D eigenvalue weighted by molar-refractivity contribution is -0.0507. The lowest BCUT2D eigenvalue weighted by Gasteiger charge is -2.14. The summed E-state index contributed by atoms with van der Waals surface area (Å²) in [5.74, 6) is -0.257.